The molecule has 0 spiro atoms. The van der Waals surface area contributed by atoms with E-state index in [0.717, 1.165) is 0 Å². The Hall–Kier alpha value is -1.57. The topological polar surface area (TPSA) is 124 Å². The number of aromatic hydroxyl groups is 1. The summed E-state index contributed by atoms with van der Waals surface area (Å²) in [6.45, 7) is 4.00. The largest absolute Gasteiger partial charge is 0.507 e. The van der Waals surface area contributed by atoms with Crippen LogP contribution in [0.25, 0.3) is 0 Å². The van der Waals surface area contributed by atoms with Gasteiger partial charge in [0.05, 0.1) is 0 Å². The van der Waals surface area contributed by atoms with Crippen molar-refractivity contribution in [3.63, 3.8) is 0 Å². The molecule has 7 heteroatoms. The van der Waals surface area contributed by atoms with Gasteiger partial charge in [-0.2, -0.15) is 0 Å². The Morgan fingerprint density at radius 2 is 1.79 bits per heavy atom. The molecule has 6 nitrogen and oxygen atoms in total. The van der Waals surface area contributed by atoms with Crippen LogP contribution in [0, 0.1) is 0 Å². The third-order valence-corrected chi connectivity index (χ3v) is 2.02. The number of hydrogen-bond acceptors (Lipinski definition) is 5. The van der Waals surface area contributed by atoms with Crippen LogP contribution in [0.3, 0.4) is 0 Å². The van der Waals surface area contributed by atoms with Crippen molar-refractivity contribution in [2.45, 2.75) is 26.6 Å². The lowest BCUT2D eigenvalue weighted by atomic mass is 9.82. The summed E-state index contributed by atoms with van der Waals surface area (Å²) in [5.41, 5.74) is 4.71. The fraction of sp³-hybridized carbons (Fsp3) is 0.417. The van der Waals surface area contributed by atoms with Crippen LogP contribution in [0.2, 0.25) is 6.32 Å². The lowest BCUT2D eigenvalue weighted by Gasteiger charge is -2.06. The quantitative estimate of drug-likeness (QED) is 0.514. The van der Waals surface area contributed by atoms with Gasteiger partial charge in [0.15, 0.2) is 0 Å². The van der Waals surface area contributed by atoms with Gasteiger partial charge in [0.1, 0.15) is 11.3 Å². The molecule has 1 aromatic rings. The van der Waals surface area contributed by atoms with Crippen molar-refractivity contribution in [3.8, 4) is 5.75 Å². The second kappa shape index (κ2) is 11.5. The highest BCUT2D eigenvalue weighted by Gasteiger charge is 2.14. The van der Waals surface area contributed by atoms with Gasteiger partial charge < -0.3 is 26.0 Å². The van der Waals surface area contributed by atoms with Gasteiger partial charge in [-0.1, -0.05) is 26.0 Å². The van der Waals surface area contributed by atoms with E-state index in [4.69, 9.17) is 15.2 Å². The number of aromatic carboxylic acids is 1. The van der Waals surface area contributed by atoms with Crippen LogP contribution >= 0.6 is 0 Å². The Labute approximate surface area is 113 Å². The Bertz CT molecular complexity index is 371. The maximum absolute atomic E-state index is 10.7. The molecule has 0 unspecified atom stereocenters. The second-order valence-electron chi connectivity index (χ2n) is 3.14. The van der Waals surface area contributed by atoms with Crippen molar-refractivity contribution in [3.05, 3.63) is 29.3 Å². The van der Waals surface area contributed by atoms with Crippen LogP contribution in [-0.2, 0) is 6.42 Å². The summed E-state index contributed by atoms with van der Waals surface area (Å²) in [5.74, 6) is -1.52. The minimum Gasteiger partial charge on any atom is -0.507 e. The molecule has 0 atom stereocenters. The lowest BCUT2D eigenvalue weighted by Crippen LogP contribution is -2.11. The van der Waals surface area contributed by atoms with Crippen molar-refractivity contribution in [2.75, 3.05) is 7.05 Å². The predicted octanol–water partition coefficient (Wildman–Crippen LogP) is 0.707. The normalized spacial score (nSPS) is 8.53. The molecule has 0 aliphatic rings. The molecule has 1 aromatic carbocycles. The molecule has 0 radical (unpaired) electrons. The monoisotopic (exact) mass is 271 g/mol. The first-order valence-electron chi connectivity index (χ1n) is 6.00. The first-order chi connectivity index (χ1) is 9.02. The first kappa shape index (κ1) is 19.8. The van der Waals surface area contributed by atoms with Gasteiger partial charge in [-0.15, -0.1) is 0 Å². The van der Waals surface area contributed by atoms with Crippen LogP contribution in [0.4, 0.5) is 0 Å². The van der Waals surface area contributed by atoms with Gasteiger partial charge in [-0.3, -0.25) is 0 Å². The molecule has 0 aliphatic carbocycles. The molecule has 0 saturated heterocycles. The molecule has 6 N–H and O–H groups in total. The van der Waals surface area contributed by atoms with E-state index in [2.05, 4.69) is 5.73 Å². The number of para-hydroxylation sites is 1. The van der Waals surface area contributed by atoms with E-state index in [1.807, 2.05) is 13.8 Å². The molecule has 0 aromatic heterocycles. The van der Waals surface area contributed by atoms with Gasteiger partial charge in [-0.05, 0) is 31.4 Å². The highest BCUT2D eigenvalue weighted by molar-refractivity contribution is 6.41. The third-order valence-electron chi connectivity index (χ3n) is 2.02. The van der Waals surface area contributed by atoms with Crippen molar-refractivity contribution in [2.24, 2.45) is 5.73 Å². The zero-order valence-electron chi connectivity index (χ0n) is 11.5. The standard InChI is InChI=1S/C9H11BO5.C2H6.CH5N/c11-8-6(4-5-10(14)15)2-1-3-7(8)9(12)13;2*1-2/h1-3,11,14-15H,4-5H2,(H,12,13);1-2H3;2H2,1H3. The molecule has 19 heavy (non-hydrogen) atoms. The Balaban J connectivity index is 0. The van der Waals surface area contributed by atoms with Gasteiger partial charge >= 0.3 is 13.1 Å². The van der Waals surface area contributed by atoms with Crippen LogP contribution in [0.5, 0.6) is 5.75 Å². The maximum Gasteiger partial charge on any atom is 0.451 e. The van der Waals surface area contributed by atoms with E-state index < -0.39 is 13.1 Å². The number of phenols is 1. The van der Waals surface area contributed by atoms with E-state index in [0.29, 0.717) is 5.56 Å². The third kappa shape index (κ3) is 7.45. The summed E-state index contributed by atoms with van der Waals surface area (Å²) in [4.78, 5) is 10.7. The van der Waals surface area contributed by atoms with Crippen LogP contribution in [0.1, 0.15) is 29.8 Å². The van der Waals surface area contributed by atoms with Crippen molar-refractivity contribution < 1.29 is 25.1 Å². The average Bonchev–Trinajstić information content (AvgIpc) is 2.41. The summed E-state index contributed by atoms with van der Waals surface area (Å²) in [5, 5.41) is 35.5. The summed E-state index contributed by atoms with van der Waals surface area (Å²) in [7, 11) is 0.0397. The SMILES string of the molecule is CC.CN.O=C(O)c1cccc(CCB(O)O)c1O. The fourth-order valence-corrected chi connectivity index (χ4v) is 1.25. The van der Waals surface area contributed by atoms with Crippen LogP contribution in [-0.4, -0.2) is 40.4 Å². The van der Waals surface area contributed by atoms with E-state index >= 15 is 0 Å². The Kier molecular flexibility index (Phi) is 12.0. The van der Waals surface area contributed by atoms with E-state index in [9.17, 15) is 9.90 Å². The van der Waals surface area contributed by atoms with Crippen LogP contribution in [0.15, 0.2) is 18.2 Å². The lowest BCUT2D eigenvalue weighted by molar-refractivity contribution is 0.0693. The smallest absolute Gasteiger partial charge is 0.451 e. The zero-order chi connectivity index (χ0) is 15.4. The molecule has 108 valence electrons. The molecule has 0 bridgehead atoms. The number of carboxylic acid groups (broad SMARTS) is 1. The van der Waals surface area contributed by atoms with Gasteiger partial charge in [0.2, 0.25) is 0 Å². The molecular formula is C12H22BNO5. The number of hydrogen-bond donors (Lipinski definition) is 5. The Morgan fingerprint density at radius 3 is 2.21 bits per heavy atom. The maximum atomic E-state index is 10.7. The summed E-state index contributed by atoms with van der Waals surface area (Å²) in [6.07, 6.45) is 0.265. The zero-order valence-corrected chi connectivity index (χ0v) is 11.5. The number of nitrogens with two attached hydrogens (primary N) is 1. The Morgan fingerprint density at radius 1 is 1.26 bits per heavy atom. The number of rotatable bonds is 4. The van der Waals surface area contributed by atoms with Crippen molar-refractivity contribution in [1.82, 2.24) is 0 Å². The summed E-state index contributed by atoms with van der Waals surface area (Å²) < 4.78 is 0. The molecule has 0 saturated carbocycles. The molecule has 0 fully saturated rings. The van der Waals surface area contributed by atoms with E-state index in [-0.39, 0.29) is 24.1 Å². The predicted molar refractivity (Wildman–Crippen MR) is 75.2 cm³/mol. The summed E-state index contributed by atoms with van der Waals surface area (Å²) >= 11 is 0. The van der Waals surface area contributed by atoms with E-state index in [1.165, 1.54) is 19.2 Å². The molecular weight excluding hydrogens is 249 g/mol. The summed E-state index contributed by atoms with van der Waals surface area (Å²) in [6, 6.07) is 4.34. The molecule has 0 heterocycles. The molecule has 1 rings (SSSR count). The first-order valence-corrected chi connectivity index (χ1v) is 6.00. The van der Waals surface area contributed by atoms with Gasteiger partial charge in [-0.25, -0.2) is 4.79 Å². The second-order valence-corrected chi connectivity index (χ2v) is 3.14. The van der Waals surface area contributed by atoms with Gasteiger partial charge in [0, 0.05) is 0 Å². The average molecular weight is 271 g/mol. The molecule has 0 amide bonds. The minimum absolute atomic E-state index is 0.0522. The number of aryl methyl sites for hydroxylation is 1. The van der Waals surface area contributed by atoms with Gasteiger partial charge in [0.25, 0.3) is 0 Å². The van der Waals surface area contributed by atoms with Crippen molar-refractivity contribution >= 4 is 13.1 Å². The minimum atomic E-state index is -1.46. The fourth-order valence-electron chi connectivity index (χ4n) is 1.25. The number of carboxylic acids is 1. The van der Waals surface area contributed by atoms with Crippen LogP contribution < -0.4 is 5.73 Å². The van der Waals surface area contributed by atoms with E-state index in [1.54, 1.807) is 6.07 Å². The number of benzene rings is 1. The molecule has 0 aliphatic heterocycles. The highest BCUT2D eigenvalue weighted by atomic mass is 16.4. The number of carbonyl (C=O) groups is 1. The van der Waals surface area contributed by atoms with Crippen molar-refractivity contribution in [1.29, 1.82) is 0 Å². The highest BCUT2D eigenvalue weighted by Crippen LogP contribution is 2.23.